The number of hydrogen-bond acceptors (Lipinski definition) is 6. The van der Waals surface area contributed by atoms with E-state index in [9.17, 15) is 0 Å². The van der Waals surface area contributed by atoms with Crippen LogP contribution in [0.4, 0.5) is 0 Å². The Morgan fingerprint density at radius 3 is 2.89 bits per heavy atom. The van der Waals surface area contributed by atoms with Gasteiger partial charge in [-0.3, -0.25) is 10.9 Å². The molecule has 1 heterocycles. The molecule has 7 nitrogen and oxygen atoms in total. The summed E-state index contributed by atoms with van der Waals surface area (Å²) in [6.45, 7) is 0.999. The van der Waals surface area contributed by atoms with Crippen LogP contribution in [0.15, 0.2) is 30.6 Å². The molecule has 0 aliphatic rings. The summed E-state index contributed by atoms with van der Waals surface area (Å²) in [6, 6.07) is 7.32. The number of rotatable bonds is 7. The second-order valence-corrected chi connectivity index (χ2v) is 3.85. The number of H-pyrrole nitrogens is 1. The number of methoxy groups -OCH3 is 1. The van der Waals surface area contributed by atoms with Gasteiger partial charge in [-0.2, -0.15) is 5.10 Å². The molecule has 19 heavy (non-hydrogen) atoms. The highest BCUT2D eigenvalue weighted by atomic mass is 16.5. The molecule has 1 aromatic carbocycles. The van der Waals surface area contributed by atoms with Gasteiger partial charge in [0.25, 0.3) is 0 Å². The molecule has 2 rings (SSSR count). The van der Waals surface area contributed by atoms with Crippen molar-refractivity contribution >= 4 is 0 Å². The largest absolute Gasteiger partial charge is 0.491 e. The Morgan fingerprint density at radius 1 is 1.37 bits per heavy atom. The van der Waals surface area contributed by atoms with E-state index in [0.717, 1.165) is 11.3 Å². The Labute approximate surface area is 111 Å². The molecular weight excluding hydrogens is 246 g/mol. The van der Waals surface area contributed by atoms with Crippen molar-refractivity contribution in [3.8, 4) is 5.75 Å². The topological polar surface area (TPSA) is 98.1 Å². The summed E-state index contributed by atoms with van der Waals surface area (Å²) in [5.74, 6) is 6.97. The van der Waals surface area contributed by atoms with E-state index in [2.05, 4.69) is 20.6 Å². The minimum atomic E-state index is -0.304. The van der Waals surface area contributed by atoms with Gasteiger partial charge in [0.15, 0.2) is 0 Å². The number of nitrogens with zero attached hydrogens (tertiary/aromatic N) is 2. The lowest BCUT2D eigenvalue weighted by molar-refractivity contribution is 0.145. The predicted molar refractivity (Wildman–Crippen MR) is 69.4 cm³/mol. The van der Waals surface area contributed by atoms with Gasteiger partial charge in [0.2, 0.25) is 0 Å². The van der Waals surface area contributed by atoms with E-state index < -0.39 is 0 Å². The molecule has 7 heteroatoms. The van der Waals surface area contributed by atoms with Crippen molar-refractivity contribution < 1.29 is 9.47 Å². The number of benzene rings is 1. The fourth-order valence-corrected chi connectivity index (χ4v) is 1.76. The molecule has 0 fully saturated rings. The van der Waals surface area contributed by atoms with Gasteiger partial charge < -0.3 is 9.47 Å². The Hall–Kier alpha value is -1.96. The Balaban J connectivity index is 2.22. The minimum absolute atomic E-state index is 0.304. The maximum atomic E-state index is 5.68. The molecule has 0 aliphatic carbocycles. The summed E-state index contributed by atoms with van der Waals surface area (Å²) in [7, 11) is 1.63. The number of hydrogen-bond donors (Lipinski definition) is 3. The zero-order chi connectivity index (χ0) is 13.5. The van der Waals surface area contributed by atoms with Crippen LogP contribution in [0.2, 0.25) is 0 Å². The van der Waals surface area contributed by atoms with Gasteiger partial charge in [-0.05, 0) is 6.07 Å². The fraction of sp³-hybridized carbons (Fsp3) is 0.333. The second-order valence-electron chi connectivity index (χ2n) is 3.85. The molecule has 0 bridgehead atoms. The molecule has 0 amide bonds. The molecule has 0 saturated carbocycles. The third-order valence-corrected chi connectivity index (χ3v) is 2.65. The highest BCUT2D eigenvalue weighted by molar-refractivity contribution is 5.38. The van der Waals surface area contributed by atoms with Gasteiger partial charge >= 0.3 is 0 Å². The first kappa shape index (κ1) is 13.5. The van der Waals surface area contributed by atoms with Gasteiger partial charge in [-0.15, -0.1) is 0 Å². The maximum Gasteiger partial charge on any atom is 0.147 e. The van der Waals surface area contributed by atoms with Crippen molar-refractivity contribution in [2.45, 2.75) is 6.04 Å². The Bertz CT molecular complexity index is 489. The zero-order valence-corrected chi connectivity index (χ0v) is 10.7. The van der Waals surface area contributed by atoms with Crippen molar-refractivity contribution in [1.29, 1.82) is 0 Å². The van der Waals surface area contributed by atoms with E-state index in [1.54, 1.807) is 7.11 Å². The van der Waals surface area contributed by atoms with Crippen molar-refractivity contribution in [2.75, 3.05) is 20.3 Å². The number of aromatic amines is 1. The SMILES string of the molecule is COCCOc1ccccc1C(NN)c1ncn[nH]1. The van der Waals surface area contributed by atoms with Crippen LogP contribution in [0, 0.1) is 0 Å². The van der Waals surface area contributed by atoms with Crippen LogP contribution in [0.25, 0.3) is 0 Å². The third-order valence-electron chi connectivity index (χ3n) is 2.65. The van der Waals surface area contributed by atoms with Gasteiger partial charge in [0, 0.05) is 12.7 Å². The quantitative estimate of drug-likeness (QED) is 0.379. The van der Waals surface area contributed by atoms with Gasteiger partial charge in [0.05, 0.1) is 6.61 Å². The van der Waals surface area contributed by atoms with Crippen LogP contribution in [0.3, 0.4) is 0 Å². The van der Waals surface area contributed by atoms with Crippen molar-refractivity contribution in [1.82, 2.24) is 20.6 Å². The molecular formula is C12H17N5O2. The fourth-order valence-electron chi connectivity index (χ4n) is 1.76. The molecule has 1 atom stereocenters. The van der Waals surface area contributed by atoms with Crippen LogP contribution in [-0.4, -0.2) is 35.5 Å². The number of para-hydroxylation sites is 1. The molecule has 2 aromatic rings. The van der Waals surface area contributed by atoms with Crippen LogP contribution in [0.1, 0.15) is 17.4 Å². The summed E-state index contributed by atoms with van der Waals surface area (Å²) >= 11 is 0. The van der Waals surface area contributed by atoms with Crippen molar-refractivity contribution in [2.24, 2.45) is 5.84 Å². The monoisotopic (exact) mass is 263 g/mol. The molecule has 4 N–H and O–H groups in total. The third kappa shape index (κ3) is 3.28. The molecule has 0 spiro atoms. The van der Waals surface area contributed by atoms with Gasteiger partial charge in [-0.1, -0.05) is 18.2 Å². The van der Waals surface area contributed by atoms with Crippen LogP contribution >= 0.6 is 0 Å². The average Bonchev–Trinajstić information content (AvgIpc) is 2.96. The number of nitrogens with one attached hydrogen (secondary N) is 2. The minimum Gasteiger partial charge on any atom is -0.491 e. The average molecular weight is 263 g/mol. The molecule has 0 aliphatic heterocycles. The van der Waals surface area contributed by atoms with Gasteiger partial charge in [0.1, 0.15) is 30.5 Å². The first-order valence-electron chi connectivity index (χ1n) is 5.89. The number of aromatic nitrogens is 3. The van der Waals surface area contributed by atoms with Crippen LogP contribution in [0.5, 0.6) is 5.75 Å². The highest BCUT2D eigenvalue weighted by Crippen LogP contribution is 2.27. The summed E-state index contributed by atoms with van der Waals surface area (Å²) in [5, 5.41) is 6.63. The van der Waals surface area contributed by atoms with E-state index in [1.807, 2.05) is 24.3 Å². The predicted octanol–water partition coefficient (Wildman–Crippen LogP) is 0.383. The van der Waals surface area contributed by atoms with E-state index in [1.165, 1.54) is 6.33 Å². The zero-order valence-electron chi connectivity index (χ0n) is 10.7. The number of nitrogens with two attached hydrogens (primary N) is 1. The Morgan fingerprint density at radius 2 is 2.21 bits per heavy atom. The summed E-state index contributed by atoms with van der Waals surface area (Å²) < 4.78 is 10.6. The first-order chi connectivity index (χ1) is 9.36. The molecule has 102 valence electrons. The van der Waals surface area contributed by atoms with E-state index >= 15 is 0 Å². The summed E-state index contributed by atoms with van der Waals surface area (Å²) in [5.41, 5.74) is 3.59. The molecule has 0 saturated heterocycles. The summed E-state index contributed by atoms with van der Waals surface area (Å²) in [6.07, 6.45) is 1.44. The van der Waals surface area contributed by atoms with Gasteiger partial charge in [-0.25, -0.2) is 10.4 Å². The lowest BCUT2D eigenvalue weighted by Gasteiger charge is -2.17. The standard InChI is InChI=1S/C12H17N5O2/c1-18-6-7-19-10-5-3-2-4-9(10)11(16-13)12-14-8-15-17-12/h2-5,8,11,16H,6-7,13H2,1H3,(H,14,15,17). The normalized spacial score (nSPS) is 12.3. The van der Waals surface area contributed by atoms with Crippen LogP contribution in [-0.2, 0) is 4.74 Å². The highest BCUT2D eigenvalue weighted by Gasteiger charge is 2.19. The Kier molecular flexibility index (Phi) is 4.85. The van der Waals surface area contributed by atoms with Crippen molar-refractivity contribution in [3.05, 3.63) is 42.0 Å². The molecule has 1 unspecified atom stereocenters. The molecule has 0 radical (unpaired) electrons. The van der Waals surface area contributed by atoms with Crippen LogP contribution < -0.4 is 16.0 Å². The maximum absolute atomic E-state index is 5.68. The number of hydrazine groups is 1. The number of ether oxygens (including phenoxy) is 2. The smallest absolute Gasteiger partial charge is 0.147 e. The first-order valence-corrected chi connectivity index (χ1v) is 5.89. The summed E-state index contributed by atoms with van der Waals surface area (Å²) in [4.78, 5) is 4.11. The lowest BCUT2D eigenvalue weighted by Crippen LogP contribution is -2.30. The molecule has 1 aromatic heterocycles. The van der Waals surface area contributed by atoms with E-state index in [4.69, 9.17) is 15.3 Å². The van der Waals surface area contributed by atoms with E-state index in [-0.39, 0.29) is 6.04 Å². The lowest BCUT2D eigenvalue weighted by atomic mass is 10.1. The van der Waals surface area contributed by atoms with Crippen molar-refractivity contribution in [3.63, 3.8) is 0 Å². The second kappa shape index (κ2) is 6.83. The van der Waals surface area contributed by atoms with E-state index in [0.29, 0.717) is 19.0 Å².